The van der Waals surface area contributed by atoms with Crippen molar-refractivity contribution in [2.45, 2.75) is 207 Å². The molecule has 0 saturated heterocycles. The predicted molar refractivity (Wildman–Crippen MR) is 207 cm³/mol. The second kappa shape index (κ2) is 21.7. The van der Waals surface area contributed by atoms with E-state index in [2.05, 4.69) is 51.7 Å². The lowest BCUT2D eigenvalue weighted by atomic mass is 9.60. The normalized spacial score (nSPS) is 28.4. The number of esters is 1. The lowest BCUT2D eigenvalue weighted by molar-refractivity contribution is -0.149. The molecular formula is C45H76O4. The highest BCUT2D eigenvalue weighted by Crippen LogP contribution is 2.60. The van der Waals surface area contributed by atoms with Gasteiger partial charge in [-0.25, -0.2) is 0 Å². The van der Waals surface area contributed by atoms with E-state index in [1.165, 1.54) is 96.3 Å². The summed E-state index contributed by atoms with van der Waals surface area (Å²) >= 11 is 0. The quantitative estimate of drug-likeness (QED) is 0.0678. The van der Waals surface area contributed by atoms with Gasteiger partial charge in [-0.3, -0.25) is 4.79 Å². The third kappa shape index (κ3) is 14.5. The Kier molecular flexibility index (Phi) is 18.5. The van der Waals surface area contributed by atoms with Crippen LogP contribution in [0, 0.1) is 23.2 Å². The van der Waals surface area contributed by atoms with Crippen LogP contribution in [-0.4, -0.2) is 34.0 Å². The van der Waals surface area contributed by atoms with E-state index in [1.807, 2.05) is 13.8 Å². The maximum atomic E-state index is 12.8. The molecule has 6 atom stereocenters. The summed E-state index contributed by atoms with van der Waals surface area (Å²) in [5.74, 6) is 1.85. The average molecular weight is 681 g/mol. The summed E-state index contributed by atoms with van der Waals surface area (Å²) < 4.78 is 5.91. The summed E-state index contributed by atoms with van der Waals surface area (Å²) in [6.45, 7) is 15.4. The molecule has 280 valence electrons. The highest BCUT2D eigenvalue weighted by molar-refractivity contribution is 5.70. The Hall–Kier alpha value is -1.65. The van der Waals surface area contributed by atoms with Gasteiger partial charge in [-0.15, -0.1) is 0 Å². The molecule has 3 aliphatic carbocycles. The van der Waals surface area contributed by atoms with E-state index in [1.54, 1.807) is 5.57 Å². The van der Waals surface area contributed by atoms with E-state index >= 15 is 0 Å². The minimum absolute atomic E-state index is 0.160. The van der Waals surface area contributed by atoms with Crippen LogP contribution in [0.5, 0.6) is 0 Å². The van der Waals surface area contributed by atoms with Gasteiger partial charge in [0, 0.05) is 12.8 Å². The van der Waals surface area contributed by atoms with Crippen LogP contribution < -0.4 is 0 Å². The Labute approximate surface area is 302 Å². The maximum Gasteiger partial charge on any atom is 0.306 e. The summed E-state index contributed by atoms with van der Waals surface area (Å²) in [6.07, 6.45) is 35.2. The van der Waals surface area contributed by atoms with Crippen LogP contribution in [0.25, 0.3) is 0 Å². The molecule has 0 aromatic carbocycles. The third-order valence-corrected chi connectivity index (χ3v) is 12.3. The molecule has 0 aromatic heterocycles. The van der Waals surface area contributed by atoms with Gasteiger partial charge in [0.1, 0.15) is 6.10 Å². The Morgan fingerprint density at radius 1 is 0.980 bits per heavy atom. The molecule has 2 N–H and O–H groups in total. The Balaban J connectivity index is 1.39. The van der Waals surface area contributed by atoms with E-state index in [0.29, 0.717) is 36.5 Å². The number of carbonyl (C=O) groups is 1. The highest BCUT2D eigenvalue weighted by Gasteiger charge is 2.50. The molecule has 3 saturated carbocycles. The number of carbonyl (C=O) groups excluding carboxylic acids is 1. The fourth-order valence-electron chi connectivity index (χ4n) is 9.40. The van der Waals surface area contributed by atoms with Gasteiger partial charge in [-0.2, -0.15) is 0 Å². The molecule has 3 rings (SSSR count). The first kappa shape index (κ1) is 41.8. The van der Waals surface area contributed by atoms with Crippen LogP contribution in [0.1, 0.15) is 189 Å². The average Bonchev–Trinajstić information content (AvgIpc) is 3.40. The fraction of sp³-hybridized carbons (Fsp3) is 0.800. The van der Waals surface area contributed by atoms with Gasteiger partial charge in [0.2, 0.25) is 0 Å². The number of aliphatic hydroxyl groups is 2. The zero-order valence-corrected chi connectivity index (χ0v) is 32.6. The molecule has 4 heteroatoms. The highest BCUT2D eigenvalue weighted by atomic mass is 16.5. The first-order valence-corrected chi connectivity index (χ1v) is 20.8. The number of hydrogen-bond donors (Lipinski definition) is 2. The summed E-state index contributed by atoms with van der Waals surface area (Å²) in [5, 5.41) is 20.9. The number of aliphatic hydroxyl groups excluding tert-OH is 1. The van der Waals surface area contributed by atoms with Crippen molar-refractivity contribution in [3.05, 3.63) is 47.6 Å². The molecule has 4 nitrogen and oxygen atoms in total. The van der Waals surface area contributed by atoms with E-state index in [0.717, 1.165) is 55.6 Å². The van der Waals surface area contributed by atoms with Gasteiger partial charge >= 0.3 is 5.97 Å². The molecule has 0 aromatic rings. The third-order valence-electron chi connectivity index (χ3n) is 12.3. The Bertz CT molecular complexity index is 1080. The zero-order valence-electron chi connectivity index (χ0n) is 32.6. The maximum absolute atomic E-state index is 12.8. The molecule has 49 heavy (non-hydrogen) atoms. The smallest absolute Gasteiger partial charge is 0.306 e. The first-order chi connectivity index (χ1) is 23.4. The van der Waals surface area contributed by atoms with Crippen molar-refractivity contribution >= 4 is 5.97 Å². The largest absolute Gasteiger partial charge is 0.457 e. The lowest BCUT2D eigenvalue weighted by Gasteiger charge is -2.44. The van der Waals surface area contributed by atoms with Gasteiger partial charge in [0.25, 0.3) is 0 Å². The number of rotatable bonds is 22. The van der Waals surface area contributed by atoms with Gasteiger partial charge in [-0.1, -0.05) is 121 Å². The van der Waals surface area contributed by atoms with Crippen molar-refractivity contribution in [2.75, 3.05) is 0 Å². The van der Waals surface area contributed by atoms with Gasteiger partial charge < -0.3 is 14.9 Å². The van der Waals surface area contributed by atoms with Crippen molar-refractivity contribution in [1.82, 2.24) is 0 Å². The second-order valence-corrected chi connectivity index (χ2v) is 17.1. The van der Waals surface area contributed by atoms with E-state index in [9.17, 15) is 15.0 Å². The molecule has 3 unspecified atom stereocenters. The van der Waals surface area contributed by atoms with Crippen LogP contribution in [0.3, 0.4) is 0 Å². The van der Waals surface area contributed by atoms with Crippen molar-refractivity contribution in [1.29, 1.82) is 0 Å². The SMILES string of the molecule is C=C1/C(=C\C=C2/CCCC3(C)C2CCC3[C@@H](C)CCCC(C)(C)O)C[C@H](O)C[C@@H]1OC(=O)CCCCCCC/C=C/CCCCCCCC. The molecule has 0 radical (unpaired) electrons. The Morgan fingerprint density at radius 2 is 1.63 bits per heavy atom. The van der Waals surface area contributed by atoms with Gasteiger partial charge in [0.05, 0.1) is 11.7 Å². The monoisotopic (exact) mass is 681 g/mol. The van der Waals surface area contributed by atoms with Crippen molar-refractivity contribution in [2.24, 2.45) is 23.2 Å². The van der Waals surface area contributed by atoms with Crippen LogP contribution in [-0.2, 0) is 9.53 Å². The summed E-state index contributed by atoms with van der Waals surface area (Å²) in [6, 6.07) is 0. The number of fused-ring (bicyclic) bond motifs is 1. The summed E-state index contributed by atoms with van der Waals surface area (Å²) in [7, 11) is 0. The van der Waals surface area contributed by atoms with Crippen molar-refractivity contribution in [3.63, 3.8) is 0 Å². The molecule has 0 aliphatic heterocycles. The molecule has 3 aliphatic rings. The van der Waals surface area contributed by atoms with Crippen LogP contribution in [0.2, 0.25) is 0 Å². The second-order valence-electron chi connectivity index (χ2n) is 17.1. The van der Waals surface area contributed by atoms with Crippen LogP contribution in [0.4, 0.5) is 0 Å². The Morgan fingerprint density at radius 3 is 2.31 bits per heavy atom. The van der Waals surface area contributed by atoms with Gasteiger partial charge in [-0.05, 0) is 125 Å². The minimum atomic E-state index is -0.575. The van der Waals surface area contributed by atoms with Crippen LogP contribution >= 0.6 is 0 Å². The van der Waals surface area contributed by atoms with Crippen molar-refractivity contribution in [3.8, 4) is 0 Å². The molecule has 0 bridgehead atoms. The van der Waals surface area contributed by atoms with E-state index < -0.39 is 17.8 Å². The molecule has 0 amide bonds. The predicted octanol–water partition coefficient (Wildman–Crippen LogP) is 12.3. The summed E-state index contributed by atoms with van der Waals surface area (Å²) in [4.78, 5) is 12.8. The van der Waals surface area contributed by atoms with E-state index in [4.69, 9.17) is 4.74 Å². The first-order valence-electron chi connectivity index (χ1n) is 20.8. The fourth-order valence-corrected chi connectivity index (χ4v) is 9.40. The molecule has 3 fully saturated rings. The van der Waals surface area contributed by atoms with Crippen molar-refractivity contribution < 1.29 is 19.7 Å². The number of hydrogen-bond acceptors (Lipinski definition) is 4. The van der Waals surface area contributed by atoms with Gasteiger partial charge in [0.15, 0.2) is 0 Å². The minimum Gasteiger partial charge on any atom is -0.457 e. The molecule has 0 heterocycles. The number of allylic oxidation sites excluding steroid dienone is 5. The number of ether oxygens (including phenoxy) is 1. The van der Waals surface area contributed by atoms with E-state index in [-0.39, 0.29) is 5.97 Å². The topological polar surface area (TPSA) is 66.8 Å². The summed E-state index contributed by atoms with van der Waals surface area (Å²) in [5.41, 5.74) is 3.21. The van der Waals surface area contributed by atoms with Crippen LogP contribution in [0.15, 0.2) is 47.6 Å². The zero-order chi connectivity index (χ0) is 35.7. The number of unbranched alkanes of at least 4 members (excludes halogenated alkanes) is 11. The molecule has 0 spiro atoms. The standard InChI is InChI=1S/C45H76O4/c1-7-8-9-10-11-12-13-14-15-16-17-18-19-20-21-26-43(47)49-42-34-39(46)33-38(36(42)3)28-27-37-25-23-32-45(6)40(29-30-41(37)45)35(2)24-22-31-44(4,5)48/h14-15,27-28,35,39-42,46,48H,3,7-13,16-26,29-34H2,1-2,4-6H3/b15-14+,37-27+,38-28-/t35-,39-,40?,41?,42-,45?/m0/s1. The molecular weight excluding hydrogens is 604 g/mol. The lowest BCUT2D eigenvalue weighted by Crippen LogP contribution is -2.36.